The number of methoxy groups -OCH3 is 1. The molecule has 1 rings (SSSR count). The number of rotatable bonds is 10. The summed E-state index contributed by atoms with van der Waals surface area (Å²) in [5.74, 6) is 1.70. The van der Waals surface area contributed by atoms with Gasteiger partial charge in [-0.15, -0.1) is 0 Å². The molecule has 25 heavy (non-hydrogen) atoms. The number of hydrogen-bond donors (Lipinski definition) is 2. The van der Waals surface area contributed by atoms with Crippen molar-refractivity contribution >= 4 is 16.0 Å². The first-order chi connectivity index (χ1) is 11.9. The van der Waals surface area contributed by atoms with Crippen LogP contribution in [0.5, 0.6) is 5.75 Å². The van der Waals surface area contributed by atoms with Crippen molar-refractivity contribution in [3.05, 3.63) is 29.8 Å². The Hall–Kier alpha value is -1.80. The Morgan fingerprint density at radius 3 is 2.40 bits per heavy atom. The smallest absolute Gasteiger partial charge is 0.213 e. The van der Waals surface area contributed by atoms with E-state index in [0.29, 0.717) is 13.1 Å². The fourth-order valence-corrected chi connectivity index (χ4v) is 3.05. The summed E-state index contributed by atoms with van der Waals surface area (Å²) >= 11 is 0. The van der Waals surface area contributed by atoms with Crippen LogP contribution in [0.1, 0.15) is 18.9 Å². The topological polar surface area (TPSA) is 83.0 Å². The number of sulfonamides is 1. The van der Waals surface area contributed by atoms with E-state index in [1.165, 1.54) is 9.87 Å². The molecule has 1 aromatic rings. The van der Waals surface area contributed by atoms with Crippen molar-refractivity contribution in [1.29, 1.82) is 0 Å². The van der Waals surface area contributed by atoms with Gasteiger partial charge in [-0.05, 0) is 37.5 Å². The Labute approximate surface area is 151 Å². The second-order valence-electron chi connectivity index (χ2n) is 5.60. The molecule has 0 aliphatic rings. The Bertz CT molecular complexity index is 630. The van der Waals surface area contributed by atoms with E-state index in [0.717, 1.165) is 31.1 Å². The van der Waals surface area contributed by atoms with Gasteiger partial charge in [0.15, 0.2) is 5.96 Å². The van der Waals surface area contributed by atoms with Crippen molar-refractivity contribution < 1.29 is 13.2 Å². The van der Waals surface area contributed by atoms with Crippen LogP contribution in [0.3, 0.4) is 0 Å². The molecule has 0 amide bonds. The van der Waals surface area contributed by atoms with Gasteiger partial charge in [0.2, 0.25) is 10.0 Å². The zero-order chi connectivity index (χ0) is 18.7. The van der Waals surface area contributed by atoms with E-state index in [9.17, 15) is 8.42 Å². The standard InChI is InChI=1S/C17H30N4O3S/c1-5-25(22,23)21(3)14-6-12-19-17(18-2)20-13-11-15-7-9-16(24-4)10-8-15/h7-10H,5-6,11-14H2,1-4H3,(H2,18,19,20). The molecule has 0 saturated carbocycles. The van der Waals surface area contributed by atoms with Crippen LogP contribution in [0.4, 0.5) is 0 Å². The lowest BCUT2D eigenvalue weighted by Gasteiger charge is -2.17. The molecule has 8 heteroatoms. The largest absolute Gasteiger partial charge is 0.497 e. The molecule has 2 N–H and O–H groups in total. The lowest BCUT2D eigenvalue weighted by molar-refractivity contribution is 0.414. The van der Waals surface area contributed by atoms with Gasteiger partial charge in [0, 0.05) is 33.7 Å². The van der Waals surface area contributed by atoms with Gasteiger partial charge < -0.3 is 15.4 Å². The van der Waals surface area contributed by atoms with Crippen LogP contribution in [-0.2, 0) is 16.4 Å². The summed E-state index contributed by atoms with van der Waals surface area (Å²) in [7, 11) is 1.88. The lowest BCUT2D eigenvalue weighted by Crippen LogP contribution is -2.39. The highest BCUT2D eigenvalue weighted by atomic mass is 32.2. The van der Waals surface area contributed by atoms with E-state index >= 15 is 0 Å². The maximum atomic E-state index is 11.7. The molecular weight excluding hydrogens is 340 g/mol. The highest BCUT2D eigenvalue weighted by Crippen LogP contribution is 2.11. The molecule has 142 valence electrons. The van der Waals surface area contributed by atoms with E-state index in [-0.39, 0.29) is 5.75 Å². The van der Waals surface area contributed by atoms with Gasteiger partial charge in [-0.3, -0.25) is 4.99 Å². The van der Waals surface area contributed by atoms with Crippen molar-refractivity contribution in [2.24, 2.45) is 4.99 Å². The normalized spacial score (nSPS) is 12.3. The van der Waals surface area contributed by atoms with Crippen LogP contribution in [0.15, 0.2) is 29.3 Å². The van der Waals surface area contributed by atoms with Gasteiger partial charge in [0.25, 0.3) is 0 Å². The molecule has 0 bridgehead atoms. The summed E-state index contributed by atoms with van der Waals surface area (Å²) in [5, 5.41) is 6.45. The number of benzene rings is 1. The maximum absolute atomic E-state index is 11.7. The van der Waals surface area contributed by atoms with Crippen molar-refractivity contribution in [3.63, 3.8) is 0 Å². The summed E-state index contributed by atoms with van der Waals surface area (Å²) in [6.45, 7) is 3.56. The predicted molar refractivity (Wildman–Crippen MR) is 103 cm³/mol. The third kappa shape index (κ3) is 7.74. The van der Waals surface area contributed by atoms with Gasteiger partial charge in [-0.2, -0.15) is 0 Å². The molecule has 0 radical (unpaired) electrons. The second-order valence-corrected chi connectivity index (χ2v) is 7.96. The minimum atomic E-state index is -3.10. The Kier molecular flexibility index (Phi) is 9.30. The number of nitrogens with zero attached hydrogens (tertiary/aromatic N) is 2. The van der Waals surface area contributed by atoms with Crippen LogP contribution in [0.25, 0.3) is 0 Å². The lowest BCUT2D eigenvalue weighted by atomic mass is 10.1. The van der Waals surface area contributed by atoms with E-state index in [2.05, 4.69) is 15.6 Å². The molecular formula is C17H30N4O3S. The maximum Gasteiger partial charge on any atom is 0.213 e. The second kappa shape index (κ2) is 10.9. The van der Waals surface area contributed by atoms with E-state index in [4.69, 9.17) is 4.74 Å². The number of nitrogens with one attached hydrogen (secondary N) is 2. The average molecular weight is 371 g/mol. The molecule has 0 aliphatic carbocycles. The number of guanidine groups is 1. The first-order valence-corrected chi connectivity index (χ1v) is 10.0. The monoisotopic (exact) mass is 370 g/mol. The highest BCUT2D eigenvalue weighted by Gasteiger charge is 2.13. The SMILES string of the molecule is CCS(=O)(=O)N(C)CCCNC(=NC)NCCc1ccc(OC)cc1. The fourth-order valence-electron chi connectivity index (χ4n) is 2.21. The fraction of sp³-hybridized carbons (Fsp3) is 0.588. The zero-order valence-corrected chi connectivity index (χ0v) is 16.4. The minimum Gasteiger partial charge on any atom is -0.497 e. The summed E-state index contributed by atoms with van der Waals surface area (Å²) in [6.07, 6.45) is 1.59. The molecule has 0 fully saturated rings. The Morgan fingerprint density at radius 1 is 1.20 bits per heavy atom. The Morgan fingerprint density at radius 2 is 1.84 bits per heavy atom. The highest BCUT2D eigenvalue weighted by molar-refractivity contribution is 7.89. The molecule has 0 aromatic heterocycles. The van der Waals surface area contributed by atoms with E-state index in [1.807, 2.05) is 24.3 Å². The summed E-state index contributed by atoms with van der Waals surface area (Å²) in [6, 6.07) is 7.98. The average Bonchev–Trinajstić information content (AvgIpc) is 2.63. The van der Waals surface area contributed by atoms with Gasteiger partial charge in [0.05, 0.1) is 12.9 Å². The van der Waals surface area contributed by atoms with Gasteiger partial charge in [-0.1, -0.05) is 12.1 Å². The molecule has 0 atom stereocenters. The van der Waals surface area contributed by atoms with Crippen LogP contribution in [-0.4, -0.2) is 65.3 Å². The summed E-state index contributed by atoms with van der Waals surface area (Å²) < 4.78 is 29.9. The van der Waals surface area contributed by atoms with Gasteiger partial charge in [-0.25, -0.2) is 12.7 Å². The molecule has 0 spiro atoms. The van der Waals surface area contributed by atoms with Crippen molar-refractivity contribution in [2.75, 3.05) is 46.6 Å². The van der Waals surface area contributed by atoms with Gasteiger partial charge >= 0.3 is 0 Å². The summed E-state index contributed by atoms with van der Waals surface area (Å²) in [4.78, 5) is 4.17. The number of hydrogen-bond acceptors (Lipinski definition) is 4. The molecule has 7 nitrogen and oxygen atoms in total. The molecule has 0 aliphatic heterocycles. The molecule has 0 heterocycles. The van der Waals surface area contributed by atoms with Gasteiger partial charge in [0.1, 0.15) is 5.75 Å². The van der Waals surface area contributed by atoms with Crippen molar-refractivity contribution in [3.8, 4) is 5.75 Å². The van der Waals surface area contributed by atoms with E-state index < -0.39 is 10.0 Å². The van der Waals surface area contributed by atoms with Crippen LogP contribution >= 0.6 is 0 Å². The third-order valence-corrected chi connectivity index (χ3v) is 5.73. The molecule has 0 unspecified atom stereocenters. The minimum absolute atomic E-state index is 0.130. The first kappa shape index (κ1) is 21.2. The summed E-state index contributed by atoms with van der Waals surface area (Å²) in [5.41, 5.74) is 1.22. The van der Waals surface area contributed by atoms with Crippen LogP contribution < -0.4 is 15.4 Å². The predicted octanol–water partition coefficient (Wildman–Crippen LogP) is 1.07. The third-order valence-electron chi connectivity index (χ3n) is 3.87. The van der Waals surface area contributed by atoms with Crippen molar-refractivity contribution in [1.82, 2.24) is 14.9 Å². The number of ether oxygens (including phenoxy) is 1. The Balaban J connectivity index is 2.26. The van der Waals surface area contributed by atoms with Crippen LogP contribution in [0, 0.1) is 0 Å². The molecule has 0 saturated heterocycles. The quantitative estimate of drug-likeness (QED) is 0.366. The van der Waals surface area contributed by atoms with Crippen molar-refractivity contribution in [2.45, 2.75) is 19.8 Å². The molecule has 1 aromatic carbocycles. The van der Waals surface area contributed by atoms with E-state index in [1.54, 1.807) is 28.1 Å². The van der Waals surface area contributed by atoms with Crippen LogP contribution in [0.2, 0.25) is 0 Å². The number of aliphatic imine (C=N–C) groups is 1. The zero-order valence-electron chi connectivity index (χ0n) is 15.6. The first-order valence-electron chi connectivity index (χ1n) is 8.44.